The molecule has 5 nitrogen and oxygen atoms in total. The topological polar surface area (TPSA) is 75.6 Å². The van der Waals surface area contributed by atoms with Crippen molar-refractivity contribution in [2.24, 2.45) is 0 Å². The summed E-state index contributed by atoms with van der Waals surface area (Å²) in [6.45, 7) is 3.59. The van der Waals surface area contributed by atoms with Crippen LogP contribution in [-0.2, 0) is 14.3 Å². The van der Waals surface area contributed by atoms with E-state index >= 15 is 0 Å². The Balaban J connectivity index is 2.54. The van der Waals surface area contributed by atoms with Gasteiger partial charge in [-0.1, -0.05) is 19.3 Å². The van der Waals surface area contributed by atoms with Crippen molar-refractivity contribution < 1.29 is 19.4 Å². The summed E-state index contributed by atoms with van der Waals surface area (Å²) < 4.78 is 5.16. The Labute approximate surface area is 102 Å². The largest absolute Gasteiger partial charge is 0.480 e. The molecule has 0 unspecified atom stereocenters. The molecule has 0 aliphatic heterocycles. The maximum absolute atomic E-state index is 11.6. The highest BCUT2D eigenvalue weighted by atomic mass is 16.5. The van der Waals surface area contributed by atoms with Crippen molar-refractivity contribution in [2.45, 2.75) is 57.6 Å². The third-order valence-corrected chi connectivity index (χ3v) is 3.04. The maximum Gasteiger partial charge on any atom is 0.329 e. The Bertz CT molecular complexity index is 282. The van der Waals surface area contributed by atoms with Crippen LogP contribution in [0.3, 0.4) is 0 Å². The highest BCUT2D eigenvalue weighted by molar-refractivity contribution is 5.87. The molecule has 1 amide bonds. The van der Waals surface area contributed by atoms with Gasteiger partial charge in [0.05, 0.1) is 6.10 Å². The first-order valence-corrected chi connectivity index (χ1v) is 6.12. The van der Waals surface area contributed by atoms with Gasteiger partial charge in [0.15, 0.2) is 0 Å². The third-order valence-electron chi connectivity index (χ3n) is 3.04. The van der Waals surface area contributed by atoms with Gasteiger partial charge in [-0.3, -0.25) is 4.79 Å². The number of hydrogen-bond acceptors (Lipinski definition) is 3. The molecule has 5 heteroatoms. The van der Waals surface area contributed by atoms with Gasteiger partial charge in [0.25, 0.3) is 0 Å². The molecule has 1 aliphatic rings. The predicted molar refractivity (Wildman–Crippen MR) is 62.7 cm³/mol. The first-order valence-electron chi connectivity index (χ1n) is 6.12. The predicted octanol–water partition coefficient (Wildman–Crippen LogP) is 1.32. The second-order valence-corrected chi connectivity index (χ2v) is 4.86. The Morgan fingerprint density at radius 1 is 1.29 bits per heavy atom. The minimum Gasteiger partial charge on any atom is -0.480 e. The molecule has 1 aliphatic carbocycles. The molecule has 0 spiro atoms. The molecule has 0 atom stereocenters. The molecule has 0 heterocycles. The van der Waals surface area contributed by atoms with Crippen LogP contribution in [0.5, 0.6) is 0 Å². The van der Waals surface area contributed by atoms with Crippen LogP contribution in [0.15, 0.2) is 0 Å². The molecule has 1 fully saturated rings. The SMILES string of the molecule is CC(C)OCC(=O)NC1(C(=O)O)CCCCC1. The third kappa shape index (κ3) is 4.00. The van der Waals surface area contributed by atoms with Crippen molar-refractivity contribution in [3.8, 4) is 0 Å². The molecule has 2 N–H and O–H groups in total. The number of carboxylic acids is 1. The van der Waals surface area contributed by atoms with Crippen LogP contribution in [0.4, 0.5) is 0 Å². The van der Waals surface area contributed by atoms with Crippen LogP contribution >= 0.6 is 0 Å². The van der Waals surface area contributed by atoms with Gasteiger partial charge < -0.3 is 15.2 Å². The number of aliphatic carboxylic acids is 1. The number of amides is 1. The van der Waals surface area contributed by atoms with E-state index in [1.807, 2.05) is 13.8 Å². The van der Waals surface area contributed by atoms with Gasteiger partial charge >= 0.3 is 5.97 Å². The van der Waals surface area contributed by atoms with E-state index in [1.54, 1.807) is 0 Å². The van der Waals surface area contributed by atoms with Gasteiger partial charge in [0.1, 0.15) is 12.1 Å². The molecule has 98 valence electrons. The Morgan fingerprint density at radius 3 is 2.35 bits per heavy atom. The number of rotatable bonds is 5. The summed E-state index contributed by atoms with van der Waals surface area (Å²) >= 11 is 0. The zero-order valence-corrected chi connectivity index (χ0v) is 10.5. The molecule has 0 aromatic carbocycles. The molecule has 0 bridgehead atoms. The lowest BCUT2D eigenvalue weighted by atomic mass is 9.81. The van der Waals surface area contributed by atoms with Crippen LogP contribution in [0, 0.1) is 0 Å². The van der Waals surface area contributed by atoms with E-state index in [0.717, 1.165) is 19.3 Å². The first kappa shape index (κ1) is 14.0. The summed E-state index contributed by atoms with van der Waals surface area (Å²) in [5.74, 6) is -1.28. The monoisotopic (exact) mass is 243 g/mol. The van der Waals surface area contributed by atoms with Crippen molar-refractivity contribution in [2.75, 3.05) is 6.61 Å². The van der Waals surface area contributed by atoms with Crippen LogP contribution in [0.25, 0.3) is 0 Å². The Kier molecular flexibility index (Phi) is 4.93. The number of nitrogens with one attached hydrogen (secondary N) is 1. The van der Waals surface area contributed by atoms with Gasteiger partial charge in [-0.15, -0.1) is 0 Å². The lowest BCUT2D eigenvalue weighted by Gasteiger charge is -2.34. The van der Waals surface area contributed by atoms with Crippen molar-refractivity contribution >= 4 is 11.9 Å². The standard InChI is InChI=1S/C12H21NO4/c1-9(2)17-8-10(14)13-12(11(15)16)6-4-3-5-7-12/h9H,3-8H2,1-2H3,(H,13,14)(H,15,16). The smallest absolute Gasteiger partial charge is 0.329 e. The number of hydrogen-bond donors (Lipinski definition) is 2. The quantitative estimate of drug-likeness (QED) is 0.763. The van der Waals surface area contributed by atoms with Gasteiger partial charge in [-0.05, 0) is 26.7 Å². The molecular formula is C12H21NO4. The van der Waals surface area contributed by atoms with Crippen molar-refractivity contribution in [3.63, 3.8) is 0 Å². The van der Waals surface area contributed by atoms with E-state index < -0.39 is 11.5 Å². The van der Waals surface area contributed by atoms with Crippen LogP contribution in [0.2, 0.25) is 0 Å². The zero-order valence-electron chi connectivity index (χ0n) is 10.5. The average molecular weight is 243 g/mol. The molecule has 0 saturated heterocycles. The minimum absolute atomic E-state index is 0.0344. The summed E-state index contributed by atoms with van der Waals surface area (Å²) in [5, 5.41) is 11.9. The van der Waals surface area contributed by atoms with E-state index in [1.165, 1.54) is 0 Å². The molecule has 0 aromatic rings. The fourth-order valence-electron chi connectivity index (χ4n) is 2.09. The van der Waals surface area contributed by atoms with E-state index in [2.05, 4.69) is 5.32 Å². The fraction of sp³-hybridized carbons (Fsp3) is 0.833. The van der Waals surface area contributed by atoms with Crippen LogP contribution in [0.1, 0.15) is 46.0 Å². The zero-order chi connectivity index (χ0) is 12.9. The Morgan fingerprint density at radius 2 is 1.88 bits per heavy atom. The summed E-state index contributed by atoms with van der Waals surface area (Å²) in [4.78, 5) is 22.9. The molecule has 1 saturated carbocycles. The van der Waals surface area contributed by atoms with Crippen LogP contribution in [-0.4, -0.2) is 35.2 Å². The summed E-state index contributed by atoms with van der Waals surface area (Å²) in [6.07, 6.45) is 3.71. The average Bonchev–Trinajstić information content (AvgIpc) is 2.27. The lowest BCUT2D eigenvalue weighted by Crippen LogP contribution is -2.56. The van der Waals surface area contributed by atoms with E-state index in [0.29, 0.717) is 12.8 Å². The summed E-state index contributed by atoms with van der Waals surface area (Å²) in [5.41, 5.74) is -1.07. The molecule has 17 heavy (non-hydrogen) atoms. The second kappa shape index (κ2) is 6.00. The second-order valence-electron chi connectivity index (χ2n) is 4.86. The fourth-order valence-corrected chi connectivity index (χ4v) is 2.09. The number of ether oxygens (including phenoxy) is 1. The summed E-state index contributed by atoms with van der Waals surface area (Å²) in [6, 6.07) is 0. The maximum atomic E-state index is 11.6. The van der Waals surface area contributed by atoms with E-state index in [4.69, 9.17) is 4.74 Å². The number of carboxylic acid groups (broad SMARTS) is 1. The van der Waals surface area contributed by atoms with Crippen molar-refractivity contribution in [1.82, 2.24) is 5.32 Å². The normalized spacial score (nSPS) is 19.0. The molecule has 1 rings (SSSR count). The van der Waals surface area contributed by atoms with Gasteiger partial charge in [0, 0.05) is 0 Å². The van der Waals surface area contributed by atoms with Crippen LogP contribution < -0.4 is 5.32 Å². The van der Waals surface area contributed by atoms with Crippen molar-refractivity contribution in [1.29, 1.82) is 0 Å². The number of carbonyl (C=O) groups excluding carboxylic acids is 1. The lowest BCUT2D eigenvalue weighted by molar-refractivity contribution is -0.150. The van der Waals surface area contributed by atoms with E-state index in [-0.39, 0.29) is 18.6 Å². The molecule has 0 radical (unpaired) electrons. The van der Waals surface area contributed by atoms with Gasteiger partial charge in [0.2, 0.25) is 5.91 Å². The van der Waals surface area contributed by atoms with Crippen molar-refractivity contribution in [3.05, 3.63) is 0 Å². The highest BCUT2D eigenvalue weighted by Crippen LogP contribution is 2.28. The molecule has 0 aromatic heterocycles. The van der Waals surface area contributed by atoms with Gasteiger partial charge in [-0.25, -0.2) is 4.79 Å². The minimum atomic E-state index is -1.07. The van der Waals surface area contributed by atoms with Gasteiger partial charge in [-0.2, -0.15) is 0 Å². The number of carbonyl (C=O) groups is 2. The highest BCUT2D eigenvalue weighted by Gasteiger charge is 2.40. The summed E-state index contributed by atoms with van der Waals surface area (Å²) in [7, 11) is 0. The molecular weight excluding hydrogens is 222 g/mol. The Hall–Kier alpha value is -1.10. The first-order chi connectivity index (χ1) is 7.96. The van der Waals surface area contributed by atoms with E-state index in [9.17, 15) is 14.7 Å².